The molecule has 0 aliphatic rings. The highest BCUT2D eigenvalue weighted by atomic mass is 35.5. The second-order valence-corrected chi connectivity index (χ2v) is 7.29. The van der Waals surface area contributed by atoms with Crippen LogP contribution in [-0.4, -0.2) is 29.3 Å². The van der Waals surface area contributed by atoms with Gasteiger partial charge in [0.1, 0.15) is 6.04 Å². The van der Waals surface area contributed by atoms with Crippen LogP contribution >= 0.6 is 11.6 Å². The van der Waals surface area contributed by atoms with Crippen molar-refractivity contribution in [3.05, 3.63) is 70.7 Å². The van der Waals surface area contributed by atoms with E-state index in [2.05, 4.69) is 12.2 Å². The smallest absolute Gasteiger partial charge is 0.243 e. The fraction of sp³-hybridized carbons (Fsp3) is 0.391. The van der Waals surface area contributed by atoms with Gasteiger partial charge in [0.25, 0.3) is 0 Å². The SMILES string of the molecule is CCCCNC(=O)[C@H](Cc1ccccc1)N(Cc1cccc(Cl)c1)C(=O)CC. The summed E-state index contributed by atoms with van der Waals surface area (Å²) in [4.78, 5) is 27.5. The highest BCUT2D eigenvalue weighted by molar-refractivity contribution is 6.30. The Bertz CT molecular complexity index is 764. The van der Waals surface area contributed by atoms with Crippen molar-refractivity contribution in [3.8, 4) is 0 Å². The van der Waals surface area contributed by atoms with Crippen molar-refractivity contribution in [1.82, 2.24) is 10.2 Å². The van der Waals surface area contributed by atoms with Gasteiger partial charge in [0, 0.05) is 31.0 Å². The predicted molar refractivity (Wildman–Crippen MR) is 114 cm³/mol. The molecule has 0 fully saturated rings. The number of amides is 2. The van der Waals surface area contributed by atoms with Crippen LogP contribution in [0.5, 0.6) is 0 Å². The van der Waals surface area contributed by atoms with Gasteiger partial charge in [0.05, 0.1) is 0 Å². The molecule has 0 spiro atoms. The van der Waals surface area contributed by atoms with E-state index in [0.29, 0.717) is 31.0 Å². The first kappa shape index (κ1) is 22.0. The van der Waals surface area contributed by atoms with Crippen molar-refractivity contribution in [2.75, 3.05) is 6.54 Å². The van der Waals surface area contributed by atoms with Gasteiger partial charge in [0.15, 0.2) is 0 Å². The highest BCUT2D eigenvalue weighted by Crippen LogP contribution is 2.18. The summed E-state index contributed by atoms with van der Waals surface area (Å²) in [6, 6.07) is 16.7. The van der Waals surface area contributed by atoms with Crippen LogP contribution < -0.4 is 5.32 Å². The number of carbonyl (C=O) groups is 2. The topological polar surface area (TPSA) is 49.4 Å². The van der Waals surface area contributed by atoms with Crippen molar-refractivity contribution >= 4 is 23.4 Å². The first-order valence-electron chi connectivity index (χ1n) is 9.90. The van der Waals surface area contributed by atoms with Crippen molar-refractivity contribution in [1.29, 1.82) is 0 Å². The van der Waals surface area contributed by atoms with E-state index in [1.54, 1.807) is 11.0 Å². The molecule has 0 aromatic heterocycles. The van der Waals surface area contributed by atoms with E-state index in [9.17, 15) is 9.59 Å². The van der Waals surface area contributed by atoms with E-state index >= 15 is 0 Å². The summed E-state index contributed by atoms with van der Waals surface area (Å²) in [7, 11) is 0. The first-order chi connectivity index (χ1) is 13.5. The minimum atomic E-state index is -0.564. The number of unbranched alkanes of at least 4 members (excludes halogenated alkanes) is 1. The molecule has 1 N–H and O–H groups in total. The normalized spacial score (nSPS) is 11.7. The standard InChI is InChI=1S/C23H29ClN2O2/c1-3-5-14-25-23(28)21(16-18-10-7-6-8-11-18)26(22(27)4-2)17-19-12-9-13-20(24)15-19/h6-13,15,21H,3-5,14,16-17H2,1-2H3,(H,25,28)/t21-/m0/s1. The van der Waals surface area contributed by atoms with Gasteiger partial charge in [-0.3, -0.25) is 9.59 Å². The summed E-state index contributed by atoms with van der Waals surface area (Å²) in [6.45, 7) is 4.87. The summed E-state index contributed by atoms with van der Waals surface area (Å²) in [6.07, 6.45) is 2.74. The summed E-state index contributed by atoms with van der Waals surface area (Å²) in [5, 5.41) is 3.62. The lowest BCUT2D eigenvalue weighted by molar-refractivity contribution is -0.141. The van der Waals surface area contributed by atoms with Crippen LogP contribution in [0.1, 0.15) is 44.2 Å². The maximum atomic E-state index is 13.0. The molecule has 28 heavy (non-hydrogen) atoms. The largest absolute Gasteiger partial charge is 0.354 e. The molecule has 0 unspecified atom stereocenters. The number of hydrogen-bond acceptors (Lipinski definition) is 2. The van der Waals surface area contributed by atoms with Crippen LogP contribution in [0.2, 0.25) is 5.02 Å². The molecule has 0 bridgehead atoms. The number of halogens is 1. The zero-order valence-corrected chi connectivity index (χ0v) is 17.4. The molecule has 0 aliphatic heterocycles. The Morgan fingerprint density at radius 3 is 2.39 bits per heavy atom. The van der Waals surface area contributed by atoms with E-state index in [0.717, 1.165) is 24.0 Å². The zero-order chi connectivity index (χ0) is 20.4. The molecule has 0 saturated heterocycles. The van der Waals surface area contributed by atoms with Gasteiger partial charge in [-0.2, -0.15) is 0 Å². The second-order valence-electron chi connectivity index (χ2n) is 6.86. The van der Waals surface area contributed by atoms with E-state index < -0.39 is 6.04 Å². The fourth-order valence-corrected chi connectivity index (χ4v) is 3.31. The van der Waals surface area contributed by atoms with Crippen molar-refractivity contribution < 1.29 is 9.59 Å². The van der Waals surface area contributed by atoms with Gasteiger partial charge in [-0.25, -0.2) is 0 Å². The van der Waals surface area contributed by atoms with E-state index in [4.69, 9.17) is 11.6 Å². The maximum absolute atomic E-state index is 13.0. The molecule has 2 aromatic carbocycles. The van der Waals surface area contributed by atoms with Crippen molar-refractivity contribution in [2.45, 2.75) is 52.1 Å². The average Bonchev–Trinajstić information content (AvgIpc) is 2.71. The van der Waals surface area contributed by atoms with Crippen LogP contribution in [0.3, 0.4) is 0 Å². The lowest BCUT2D eigenvalue weighted by Gasteiger charge is -2.31. The van der Waals surface area contributed by atoms with Crippen LogP contribution in [-0.2, 0) is 22.6 Å². The molecule has 0 saturated carbocycles. The van der Waals surface area contributed by atoms with Crippen molar-refractivity contribution in [3.63, 3.8) is 0 Å². The van der Waals surface area contributed by atoms with Gasteiger partial charge < -0.3 is 10.2 Å². The van der Waals surface area contributed by atoms with Gasteiger partial charge in [-0.1, -0.05) is 74.3 Å². The number of carbonyl (C=O) groups excluding carboxylic acids is 2. The lowest BCUT2D eigenvalue weighted by Crippen LogP contribution is -2.50. The minimum Gasteiger partial charge on any atom is -0.354 e. The Morgan fingerprint density at radius 2 is 1.75 bits per heavy atom. The summed E-state index contributed by atoms with van der Waals surface area (Å²) < 4.78 is 0. The monoisotopic (exact) mass is 400 g/mol. The number of nitrogens with one attached hydrogen (secondary N) is 1. The summed E-state index contributed by atoms with van der Waals surface area (Å²) in [5.41, 5.74) is 1.94. The number of rotatable bonds is 10. The van der Waals surface area contributed by atoms with Crippen LogP contribution in [0.15, 0.2) is 54.6 Å². The first-order valence-corrected chi connectivity index (χ1v) is 10.3. The molecule has 0 radical (unpaired) electrons. The number of nitrogens with zero attached hydrogens (tertiary/aromatic N) is 1. The summed E-state index contributed by atoms with van der Waals surface area (Å²) in [5.74, 6) is -0.160. The highest BCUT2D eigenvalue weighted by Gasteiger charge is 2.29. The van der Waals surface area contributed by atoms with Gasteiger partial charge in [0.2, 0.25) is 11.8 Å². The minimum absolute atomic E-state index is 0.0495. The molecule has 2 rings (SSSR count). The Kier molecular flexibility index (Phi) is 9.02. The fourth-order valence-electron chi connectivity index (χ4n) is 3.10. The number of benzene rings is 2. The van der Waals surface area contributed by atoms with Gasteiger partial charge in [-0.15, -0.1) is 0 Å². The Hall–Kier alpha value is -2.33. The van der Waals surface area contributed by atoms with Crippen LogP contribution in [0.25, 0.3) is 0 Å². The van der Waals surface area contributed by atoms with Crippen molar-refractivity contribution in [2.24, 2.45) is 0 Å². The lowest BCUT2D eigenvalue weighted by atomic mass is 10.0. The van der Waals surface area contributed by atoms with E-state index in [1.165, 1.54) is 0 Å². The van der Waals surface area contributed by atoms with Crippen LogP contribution in [0, 0.1) is 0 Å². The summed E-state index contributed by atoms with van der Waals surface area (Å²) >= 11 is 6.12. The molecule has 2 aromatic rings. The molecule has 2 amide bonds. The molecule has 0 aliphatic carbocycles. The molecule has 1 atom stereocenters. The third-order valence-corrected chi connectivity index (χ3v) is 4.88. The molecular formula is C23H29ClN2O2. The molecule has 150 valence electrons. The Balaban J connectivity index is 2.30. The van der Waals surface area contributed by atoms with Gasteiger partial charge in [-0.05, 0) is 29.7 Å². The number of hydrogen-bond donors (Lipinski definition) is 1. The zero-order valence-electron chi connectivity index (χ0n) is 16.7. The maximum Gasteiger partial charge on any atom is 0.243 e. The molecule has 0 heterocycles. The quantitative estimate of drug-likeness (QED) is 0.592. The molecule has 4 nitrogen and oxygen atoms in total. The Morgan fingerprint density at radius 1 is 1.04 bits per heavy atom. The van der Waals surface area contributed by atoms with Gasteiger partial charge >= 0.3 is 0 Å². The van der Waals surface area contributed by atoms with E-state index in [-0.39, 0.29) is 11.8 Å². The molecule has 5 heteroatoms. The van der Waals surface area contributed by atoms with Crippen LogP contribution in [0.4, 0.5) is 0 Å². The van der Waals surface area contributed by atoms with E-state index in [1.807, 2.05) is 55.5 Å². The second kappa shape index (κ2) is 11.5. The Labute approximate surface area is 172 Å². The molecular weight excluding hydrogens is 372 g/mol. The third-order valence-electron chi connectivity index (χ3n) is 4.65. The predicted octanol–water partition coefficient (Wildman–Crippen LogP) is 4.61. The average molecular weight is 401 g/mol. The third kappa shape index (κ3) is 6.68.